The molecule has 2 aromatic rings. The largest absolute Gasteiger partial charge is 0.497 e. The summed E-state index contributed by atoms with van der Waals surface area (Å²) in [5.41, 5.74) is 7.80. The van der Waals surface area contributed by atoms with Crippen LogP contribution < -0.4 is 20.5 Å². The van der Waals surface area contributed by atoms with Gasteiger partial charge in [-0.15, -0.1) is 0 Å². The molecule has 0 fully saturated rings. The molecule has 2 amide bonds. The number of primary amides is 1. The Morgan fingerprint density at radius 1 is 1.24 bits per heavy atom. The lowest BCUT2D eigenvalue weighted by atomic mass is 9.87. The highest BCUT2D eigenvalue weighted by Crippen LogP contribution is 2.45. The Bertz CT molecular complexity index is 847. The fraction of sp³-hybridized carbons (Fsp3) is 0.263. The number of amides is 2. The van der Waals surface area contributed by atoms with E-state index in [1.54, 1.807) is 13.2 Å². The van der Waals surface area contributed by atoms with E-state index in [0.29, 0.717) is 11.3 Å². The van der Waals surface area contributed by atoms with Crippen molar-refractivity contribution in [2.24, 2.45) is 5.73 Å². The van der Waals surface area contributed by atoms with Gasteiger partial charge in [-0.05, 0) is 36.8 Å². The summed E-state index contributed by atoms with van der Waals surface area (Å²) >= 11 is 0. The third-order valence-electron chi connectivity index (χ3n) is 4.43. The second-order valence-corrected chi connectivity index (χ2v) is 5.96. The molecule has 0 unspecified atom stereocenters. The van der Waals surface area contributed by atoms with Gasteiger partial charge in [0.25, 0.3) is 5.91 Å². The number of nitrogens with two attached hydrogens (primary N) is 1. The zero-order valence-electron chi connectivity index (χ0n) is 14.3. The summed E-state index contributed by atoms with van der Waals surface area (Å²) in [6.07, 6.45) is -0.200. The Labute approximate surface area is 145 Å². The molecule has 130 valence electrons. The van der Waals surface area contributed by atoms with Gasteiger partial charge in [0.2, 0.25) is 5.91 Å². The maximum absolute atomic E-state index is 12.2. The molecule has 0 saturated heterocycles. The molecule has 2 atom stereocenters. The molecule has 3 rings (SSSR count). The van der Waals surface area contributed by atoms with Crippen LogP contribution in [0, 0.1) is 0 Å². The number of carbonyl (C=O) groups excluding carboxylic acids is 2. The molecule has 1 heterocycles. The van der Waals surface area contributed by atoms with Crippen LogP contribution in [0.3, 0.4) is 0 Å². The Morgan fingerprint density at radius 2 is 2.00 bits per heavy atom. The van der Waals surface area contributed by atoms with Crippen molar-refractivity contribution in [3.05, 3.63) is 58.7 Å². The lowest BCUT2D eigenvalue weighted by Crippen LogP contribution is -2.20. The lowest BCUT2D eigenvalue weighted by Gasteiger charge is -2.16. The monoisotopic (exact) mass is 340 g/mol. The fourth-order valence-electron chi connectivity index (χ4n) is 3.25. The number of benzene rings is 2. The molecule has 3 N–H and O–H groups in total. The van der Waals surface area contributed by atoms with Crippen molar-refractivity contribution in [1.29, 1.82) is 0 Å². The van der Waals surface area contributed by atoms with E-state index in [-0.39, 0.29) is 23.5 Å². The van der Waals surface area contributed by atoms with E-state index in [1.807, 2.05) is 31.2 Å². The van der Waals surface area contributed by atoms with E-state index >= 15 is 0 Å². The van der Waals surface area contributed by atoms with E-state index in [9.17, 15) is 9.59 Å². The first-order valence-corrected chi connectivity index (χ1v) is 7.96. The molecule has 25 heavy (non-hydrogen) atoms. The van der Waals surface area contributed by atoms with E-state index in [1.165, 1.54) is 13.1 Å². The molecule has 0 aliphatic carbocycles. The standard InChI is InChI=1S/C19H20N2O4/c1-10-16(11-5-4-6-13(7-11)24-3)14-8-12(18(20)22)9-15(17(14)25-10)19(23)21-2/h4-10,16H,1-3H3,(H2,20,22)(H,21,23)/t10-,16+/m1/s1. The van der Waals surface area contributed by atoms with Crippen LogP contribution in [0.5, 0.6) is 11.5 Å². The highest BCUT2D eigenvalue weighted by Gasteiger charge is 2.36. The average molecular weight is 340 g/mol. The van der Waals surface area contributed by atoms with Gasteiger partial charge in [0.15, 0.2) is 0 Å². The van der Waals surface area contributed by atoms with Crippen molar-refractivity contribution >= 4 is 11.8 Å². The normalized spacial score (nSPS) is 18.2. The second kappa shape index (κ2) is 6.47. The molecule has 0 radical (unpaired) electrons. The SMILES string of the molecule is CNC(=O)c1cc(C(N)=O)cc2c1O[C@H](C)[C@H]2c1cccc(OC)c1. The third kappa shape index (κ3) is 2.91. The van der Waals surface area contributed by atoms with Gasteiger partial charge in [0, 0.05) is 24.1 Å². The molecule has 0 bridgehead atoms. The van der Waals surface area contributed by atoms with Crippen molar-refractivity contribution in [3.63, 3.8) is 0 Å². The average Bonchev–Trinajstić information content (AvgIpc) is 2.95. The quantitative estimate of drug-likeness (QED) is 0.891. The summed E-state index contributed by atoms with van der Waals surface area (Å²) in [5, 5.41) is 2.57. The van der Waals surface area contributed by atoms with Crippen molar-refractivity contribution in [1.82, 2.24) is 5.32 Å². The van der Waals surface area contributed by atoms with Crippen LogP contribution in [0.4, 0.5) is 0 Å². The van der Waals surface area contributed by atoms with E-state index in [2.05, 4.69) is 5.32 Å². The lowest BCUT2D eigenvalue weighted by molar-refractivity contribution is 0.0958. The van der Waals surface area contributed by atoms with Gasteiger partial charge in [0.1, 0.15) is 17.6 Å². The molecule has 6 heteroatoms. The molecule has 0 saturated carbocycles. The van der Waals surface area contributed by atoms with Gasteiger partial charge >= 0.3 is 0 Å². The number of ether oxygens (including phenoxy) is 2. The Morgan fingerprint density at radius 3 is 2.64 bits per heavy atom. The maximum atomic E-state index is 12.2. The zero-order valence-corrected chi connectivity index (χ0v) is 14.3. The number of methoxy groups -OCH3 is 1. The smallest absolute Gasteiger partial charge is 0.254 e. The maximum Gasteiger partial charge on any atom is 0.254 e. The number of fused-ring (bicyclic) bond motifs is 1. The molecular weight excluding hydrogens is 320 g/mol. The summed E-state index contributed by atoms with van der Waals surface area (Å²) in [5.74, 6) is 0.183. The summed E-state index contributed by atoms with van der Waals surface area (Å²) in [6.45, 7) is 1.93. The van der Waals surface area contributed by atoms with Gasteiger partial charge in [-0.25, -0.2) is 0 Å². The Balaban J connectivity index is 2.19. The first-order chi connectivity index (χ1) is 12.0. The number of carbonyl (C=O) groups is 2. The number of hydrogen-bond acceptors (Lipinski definition) is 4. The Kier molecular flexibility index (Phi) is 4.35. The minimum atomic E-state index is -0.586. The fourth-order valence-corrected chi connectivity index (χ4v) is 3.25. The summed E-state index contributed by atoms with van der Waals surface area (Å²) in [6, 6.07) is 10.8. The predicted octanol–water partition coefficient (Wildman–Crippen LogP) is 2.07. The van der Waals surface area contributed by atoms with Crippen molar-refractivity contribution in [2.75, 3.05) is 14.2 Å². The van der Waals surface area contributed by atoms with Gasteiger partial charge in [-0.3, -0.25) is 9.59 Å². The van der Waals surface area contributed by atoms with Crippen LogP contribution in [0.25, 0.3) is 0 Å². The summed E-state index contributed by atoms with van der Waals surface area (Å²) in [4.78, 5) is 24.0. The van der Waals surface area contributed by atoms with Crippen molar-refractivity contribution < 1.29 is 19.1 Å². The van der Waals surface area contributed by atoms with Crippen LogP contribution in [-0.2, 0) is 0 Å². The zero-order chi connectivity index (χ0) is 18.1. The number of hydrogen-bond donors (Lipinski definition) is 2. The van der Waals surface area contributed by atoms with Gasteiger partial charge in [-0.1, -0.05) is 12.1 Å². The van der Waals surface area contributed by atoms with E-state index < -0.39 is 5.91 Å². The highest BCUT2D eigenvalue weighted by molar-refractivity contribution is 6.02. The topological polar surface area (TPSA) is 90.7 Å². The molecular formula is C19H20N2O4. The summed E-state index contributed by atoms with van der Waals surface area (Å²) in [7, 11) is 3.14. The molecule has 1 aliphatic rings. The van der Waals surface area contributed by atoms with Gasteiger partial charge in [-0.2, -0.15) is 0 Å². The van der Waals surface area contributed by atoms with Crippen LogP contribution in [0.15, 0.2) is 36.4 Å². The predicted molar refractivity (Wildman–Crippen MR) is 93.3 cm³/mol. The number of rotatable bonds is 4. The molecule has 6 nitrogen and oxygen atoms in total. The third-order valence-corrected chi connectivity index (χ3v) is 4.43. The van der Waals surface area contributed by atoms with Crippen LogP contribution in [-0.4, -0.2) is 32.1 Å². The molecule has 2 aromatic carbocycles. The van der Waals surface area contributed by atoms with Crippen molar-refractivity contribution in [3.8, 4) is 11.5 Å². The minimum absolute atomic E-state index is 0.132. The van der Waals surface area contributed by atoms with Crippen LogP contribution >= 0.6 is 0 Å². The van der Waals surface area contributed by atoms with Crippen LogP contribution in [0.2, 0.25) is 0 Å². The number of nitrogens with one attached hydrogen (secondary N) is 1. The molecule has 1 aliphatic heterocycles. The first-order valence-electron chi connectivity index (χ1n) is 7.96. The van der Waals surface area contributed by atoms with E-state index in [0.717, 1.165) is 16.9 Å². The first kappa shape index (κ1) is 16.8. The highest BCUT2D eigenvalue weighted by atomic mass is 16.5. The molecule has 0 spiro atoms. The van der Waals surface area contributed by atoms with Gasteiger partial charge in [0.05, 0.1) is 12.7 Å². The summed E-state index contributed by atoms with van der Waals surface area (Å²) < 4.78 is 11.3. The van der Waals surface area contributed by atoms with Crippen LogP contribution in [0.1, 0.15) is 44.7 Å². The minimum Gasteiger partial charge on any atom is -0.497 e. The molecule has 0 aromatic heterocycles. The van der Waals surface area contributed by atoms with Crippen molar-refractivity contribution in [2.45, 2.75) is 18.9 Å². The van der Waals surface area contributed by atoms with Gasteiger partial charge < -0.3 is 20.5 Å². The Hall–Kier alpha value is -3.02. The second-order valence-electron chi connectivity index (χ2n) is 5.96. The van der Waals surface area contributed by atoms with E-state index in [4.69, 9.17) is 15.2 Å².